The second-order valence-corrected chi connectivity index (χ2v) is 6.84. The Morgan fingerprint density at radius 3 is 2.73 bits per heavy atom. The van der Waals surface area contributed by atoms with Gasteiger partial charge in [0.2, 0.25) is 5.91 Å². The maximum Gasteiger partial charge on any atom is 0.269 e. The normalized spacial score (nSPS) is 16.2. The van der Waals surface area contributed by atoms with Gasteiger partial charge in [-0.05, 0) is 56.0 Å². The van der Waals surface area contributed by atoms with E-state index in [0.29, 0.717) is 29.6 Å². The number of rotatable bonds is 6. The molecule has 1 saturated heterocycles. The highest BCUT2D eigenvalue weighted by Crippen LogP contribution is 2.25. The zero-order valence-corrected chi connectivity index (χ0v) is 14.9. The van der Waals surface area contributed by atoms with Crippen LogP contribution in [0.5, 0.6) is 0 Å². The molecule has 26 heavy (non-hydrogen) atoms. The average molecular weight is 355 g/mol. The van der Waals surface area contributed by atoms with Crippen LogP contribution in [-0.2, 0) is 4.79 Å². The monoisotopic (exact) mass is 355 g/mol. The van der Waals surface area contributed by atoms with Crippen LogP contribution in [0.2, 0.25) is 0 Å². The van der Waals surface area contributed by atoms with Crippen molar-refractivity contribution in [3.05, 3.63) is 42.2 Å². The van der Waals surface area contributed by atoms with Crippen molar-refractivity contribution in [2.45, 2.75) is 26.2 Å². The zero-order chi connectivity index (χ0) is 18.5. The van der Waals surface area contributed by atoms with Crippen LogP contribution in [0.15, 0.2) is 36.5 Å². The number of para-hydroxylation sites is 2. The van der Waals surface area contributed by atoms with Crippen molar-refractivity contribution in [2.75, 3.05) is 18.4 Å². The molecule has 1 fully saturated rings. The summed E-state index contributed by atoms with van der Waals surface area (Å²) in [6.45, 7) is 4.20. The third-order valence-electron chi connectivity index (χ3n) is 4.96. The average Bonchev–Trinajstić information content (AvgIpc) is 3.13. The van der Waals surface area contributed by atoms with Crippen LogP contribution in [0.4, 0.5) is 5.69 Å². The maximum atomic E-state index is 12.5. The molecule has 4 N–H and O–H groups in total. The molecule has 0 saturated carbocycles. The number of nitrogens with one attached hydrogen (secondary N) is 2. The number of nitrogens with zero attached hydrogens (tertiary/aromatic N) is 2. The van der Waals surface area contributed by atoms with Crippen molar-refractivity contribution < 1.29 is 9.59 Å². The van der Waals surface area contributed by atoms with Crippen LogP contribution in [0, 0.1) is 11.8 Å². The van der Waals surface area contributed by atoms with E-state index in [1.807, 2.05) is 24.3 Å². The lowest BCUT2D eigenvalue weighted by atomic mass is 9.84. The number of hydrogen-bond acceptors (Lipinski definition) is 4. The molecule has 0 bridgehead atoms. The molecule has 1 aromatic carbocycles. The van der Waals surface area contributed by atoms with Crippen molar-refractivity contribution >= 4 is 17.5 Å². The maximum absolute atomic E-state index is 12.5. The number of amides is 2. The summed E-state index contributed by atoms with van der Waals surface area (Å²) in [7, 11) is 0. The molecule has 7 nitrogen and oxygen atoms in total. The molecule has 2 heterocycles. The number of benzene rings is 1. The minimum atomic E-state index is -0.582. The summed E-state index contributed by atoms with van der Waals surface area (Å²) in [5, 5.41) is 10.5. The fourth-order valence-electron chi connectivity index (χ4n) is 3.44. The molecule has 3 rings (SSSR count). The van der Waals surface area contributed by atoms with E-state index in [-0.39, 0.29) is 11.6 Å². The molecule has 1 unspecified atom stereocenters. The van der Waals surface area contributed by atoms with Gasteiger partial charge in [0.15, 0.2) is 0 Å². The largest absolute Gasteiger partial charge is 0.364 e. The van der Waals surface area contributed by atoms with Crippen molar-refractivity contribution in [3.63, 3.8) is 0 Å². The second-order valence-electron chi connectivity index (χ2n) is 6.84. The Hall–Kier alpha value is -2.67. The van der Waals surface area contributed by atoms with E-state index in [2.05, 4.69) is 22.7 Å². The highest BCUT2D eigenvalue weighted by Gasteiger charge is 2.22. The first-order valence-electron chi connectivity index (χ1n) is 9.00. The molecule has 7 heteroatoms. The predicted octanol–water partition coefficient (Wildman–Crippen LogP) is 1.94. The summed E-state index contributed by atoms with van der Waals surface area (Å²) >= 11 is 0. The number of carbonyl (C=O) groups is 2. The first-order valence-corrected chi connectivity index (χ1v) is 9.00. The number of primary amides is 1. The van der Waals surface area contributed by atoms with Crippen molar-refractivity contribution in [3.8, 4) is 5.69 Å². The Bertz CT molecular complexity index is 780. The predicted molar refractivity (Wildman–Crippen MR) is 100 cm³/mol. The smallest absolute Gasteiger partial charge is 0.269 e. The van der Waals surface area contributed by atoms with Gasteiger partial charge in [0, 0.05) is 12.6 Å². The van der Waals surface area contributed by atoms with Gasteiger partial charge in [-0.1, -0.05) is 19.1 Å². The van der Waals surface area contributed by atoms with Crippen molar-refractivity contribution in [1.29, 1.82) is 0 Å². The van der Waals surface area contributed by atoms with Gasteiger partial charge < -0.3 is 16.4 Å². The first-order chi connectivity index (χ1) is 12.5. The van der Waals surface area contributed by atoms with Gasteiger partial charge in [0.25, 0.3) is 5.91 Å². The van der Waals surface area contributed by atoms with Gasteiger partial charge >= 0.3 is 0 Å². The number of aromatic nitrogens is 2. The molecule has 138 valence electrons. The van der Waals surface area contributed by atoms with Crippen LogP contribution in [0.1, 0.15) is 36.7 Å². The number of nitrogens with two attached hydrogens (primary N) is 1. The molecule has 1 atom stereocenters. The minimum Gasteiger partial charge on any atom is -0.364 e. The molecule has 1 aliphatic rings. The van der Waals surface area contributed by atoms with Gasteiger partial charge in [-0.15, -0.1) is 0 Å². The van der Waals surface area contributed by atoms with E-state index in [0.717, 1.165) is 25.9 Å². The molecule has 1 aliphatic heterocycles. The number of carbonyl (C=O) groups excluding carboxylic acids is 2. The minimum absolute atomic E-state index is 0.00855. The molecule has 0 radical (unpaired) electrons. The molecule has 2 aromatic rings. The summed E-state index contributed by atoms with van der Waals surface area (Å²) in [5.74, 6) is 0.337. The summed E-state index contributed by atoms with van der Waals surface area (Å²) < 4.78 is 1.55. The lowest BCUT2D eigenvalue weighted by molar-refractivity contribution is -0.117. The lowest BCUT2D eigenvalue weighted by Crippen LogP contribution is -2.32. The van der Waals surface area contributed by atoms with Gasteiger partial charge in [-0.25, -0.2) is 4.68 Å². The van der Waals surface area contributed by atoms with Gasteiger partial charge in [0.05, 0.1) is 11.4 Å². The van der Waals surface area contributed by atoms with Crippen LogP contribution < -0.4 is 16.4 Å². The van der Waals surface area contributed by atoms with Gasteiger partial charge in [-0.2, -0.15) is 5.10 Å². The Kier molecular flexibility index (Phi) is 5.68. The van der Waals surface area contributed by atoms with E-state index >= 15 is 0 Å². The van der Waals surface area contributed by atoms with E-state index in [4.69, 9.17) is 5.73 Å². The topological polar surface area (TPSA) is 102 Å². The van der Waals surface area contributed by atoms with E-state index in [1.165, 1.54) is 0 Å². The Labute approximate surface area is 153 Å². The summed E-state index contributed by atoms with van der Waals surface area (Å²) in [6, 6.07) is 8.93. The Morgan fingerprint density at radius 2 is 2.04 bits per heavy atom. The van der Waals surface area contributed by atoms with Crippen molar-refractivity contribution in [1.82, 2.24) is 15.1 Å². The summed E-state index contributed by atoms with van der Waals surface area (Å²) in [4.78, 5) is 23.8. The van der Waals surface area contributed by atoms with E-state index in [9.17, 15) is 9.59 Å². The molecule has 0 aliphatic carbocycles. The molecular formula is C19H25N5O2. The van der Waals surface area contributed by atoms with Crippen LogP contribution in [0.25, 0.3) is 5.69 Å². The van der Waals surface area contributed by atoms with E-state index in [1.54, 1.807) is 16.9 Å². The Balaban J connectivity index is 1.69. The molecule has 2 amide bonds. The van der Waals surface area contributed by atoms with Crippen molar-refractivity contribution in [2.24, 2.45) is 17.6 Å². The highest BCUT2D eigenvalue weighted by molar-refractivity contribution is 5.93. The fourth-order valence-corrected chi connectivity index (χ4v) is 3.44. The SMILES string of the molecule is CC(CC(=O)Nc1ccccc1-n1ccc(C(N)=O)n1)C1CCNCC1. The zero-order valence-electron chi connectivity index (χ0n) is 14.9. The molecule has 1 aromatic heterocycles. The van der Waals surface area contributed by atoms with Crippen LogP contribution >= 0.6 is 0 Å². The highest BCUT2D eigenvalue weighted by atomic mass is 16.2. The molecule has 0 spiro atoms. The number of piperidine rings is 1. The Morgan fingerprint density at radius 1 is 1.31 bits per heavy atom. The number of anilines is 1. The van der Waals surface area contributed by atoms with Crippen LogP contribution in [0.3, 0.4) is 0 Å². The number of hydrogen-bond donors (Lipinski definition) is 3. The van der Waals surface area contributed by atoms with E-state index < -0.39 is 5.91 Å². The molecular weight excluding hydrogens is 330 g/mol. The van der Waals surface area contributed by atoms with Gasteiger partial charge in [0.1, 0.15) is 5.69 Å². The van der Waals surface area contributed by atoms with Gasteiger partial charge in [-0.3, -0.25) is 9.59 Å². The second kappa shape index (κ2) is 8.14. The third-order valence-corrected chi connectivity index (χ3v) is 4.96. The third kappa shape index (κ3) is 4.29. The standard InChI is InChI=1S/C19H25N5O2/c1-13(14-6-9-21-10-7-14)12-18(25)22-15-4-2-3-5-17(15)24-11-8-16(23-24)19(20)26/h2-5,8,11,13-14,21H,6-7,9-10,12H2,1H3,(H2,20,26)(H,22,25). The van der Waals surface area contributed by atoms with Crippen LogP contribution in [-0.4, -0.2) is 34.7 Å². The fraction of sp³-hybridized carbons (Fsp3) is 0.421. The summed E-state index contributed by atoms with van der Waals surface area (Å²) in [5.41, 5.74) is 6.80. The first kappa shape index (κ1) is 18.1. The quantitative estimate of drug-likeness (QED) is 0.737. The lowest BCUT2D eigenvalue weighted by Gasteiger charge is -2.28. The summed E-state index contributed by atoms with van der Waals surface area (Å²) in [6.07, 6.45) is 4.38.